The van der Waals surface area contributed by atoms with Gasteiger partial charge in [0, 0.05) is 11.1 Å². The molecule has 0 aromatic heterocycles. The van der Waals surface area contributed by atoms with Crippen LogP contribution in [0.15, 0.2) is 42.5 Å². The molecule has 104 valence electrons. The van der Waals surface area contributed by atoms with E-state index >= 15 is 0 Å². The number of nitrogens with two attached hydrogens (primary N) is 1. The molecule has 0 atom stereocenters. The van der Waals surface area contributed by atoms with Gasteiger partial charge in [0.05, 0.1) is 11.1 Å². The minimum Gasteiger partial charge on any atom is -0.478 e. The van der Waals surface area contributed by atoms with Gasteiger partial charge >= 0.3 is 11.9 Å². The summed E-state index contributed by atoms with van der Waals surface area (Å²) >= 11 is 0. The highest BCUT2D eigenvalue weighted by Gasteiger charge is 2.17. The lowest BCUT2D eigenvalue weighted by Crippen LogP contribution is -2.07. The van der Waals surface area contributed by atoms with Crippen LogP contribution < -0.4 is 5.73 Å². The molecule has 4 N–H and O–H groups in total. The first-order valence-electron chi connectivity index (χ1n) is 6.20. The second kappa shape index (κ2) is 4.49. The fraction of sp³-hybridized carbons (Fsp3) is 0. The second-order valence-electron chi connectivity index (χ2n) is 4.78. The smallest absolute Gasteiger partial charge is 0.336 e. The fourth-order valence-corrected chi connectivity index (χ4v) is 2.45. The van der Waals surface area contributed by atoms with Crippen molar-refractivity contribution in [1.82, 2.24) is 0 Å². The van der Waals surface area contributed by atoms with E-state index < -0.39 is 11.9 Å². The largest absolute Gasteiger partial charge is 0.478 e. The number of hydrogen-bond donors (Lipinski definition) is 3. The molecule has 0 bridgehead atoms. The van der Waals surface area contributed by atoms with Crippen LogP contribution in [0.4, 0.5) is 5.69 Å². The molecule has 0 aliphatic rings. The van der Waals surface area contributed by atoms with E-state index in [0.29, 0.717) is 16.5 Å². The first-order chi connectivity index (χ1) is 9.97. The Morgan fingerprint density at radius 2 is 1.38 bits per heavy atom. The summed E-state index contributed by atoms with van der Waals surface area (Å²) in [4.78, 5) is 22.4. The van der Waals surface area contributed by atoms with Crippen molar-refractivity contribution in [3.8, 4) is 0 Å². The molecule has 21 heavy (non-hydrogen) atoms. The van der Waals surface area contributed by atoms with Crippen LogP contribution in [-0.2, 0) is 0 Å². The van der Waals surface area contributed by atoms with E-state index in [0.717, 1.165) is 10.8 Å². The highest BCUT2D eigenvalue weighted by atomic mass is 16.4. The quantitative estimate of drug-likeness (QED) is 0.495. The van der Waals surface area contributed by atoms with Gasteiger partial charge < -0.3 is 15.9 Å². The van der Waals surface area contributed by atoms with Crippen LogP contribution in [0.25, 0.3) is 21.5 Å². The molecule has 3 rings (SSSR count). The Hall–Kier alpha value is -3.08. The predicted molar refractivity (Wildman–Crippen MR) is 79.8 cm³/mol. The minimum atomic E-state index is -1.27. The number of carboxylic acid groups (broad SMARTS) is 2. The third-order valence-corrected chi connectivity index (χ3v) is 3.47. The molecule has 0 aliphatic carbocycles. The fourth-order valence-electron chi connectivity index (χ4n) is 2.45. The maximum absolute atomic E-state index is 11.2. The minimum absolute atomic E-state index is 0.224. The van der Waals surface area contributed by atoms with Gasteiger partial charge in [-0.1, -0.05) is 12.1 Å². The number of carbonyl (C=O) groups is 2. The molecule has 0 amide bonds. The van der Waals surface area contributed by atoms with Gasteiger partial charge in [-0.25, -0.2) is 9.59 Å². The van der Waals surface area contributed by atoms with E-state index in [9.17, 15) is 9.59 Å². The molecule has 3 aromatic carbocycles. The predicted octanol–water partition coefficient (Wildman–Crippen LogP) is 2.97. The summed E-state index contributed by atoms with van der Waals surface area (Å²) in [6.07, 6.45) is 0. The first kappa shape index (κ1) is 12.9. The zero-order valence-electron chi connectivity index (χ0n) is 10.8. The Balaban J connectivity index is 2.43. The Morgan fingerprint density at radius 1 is 0.810 bits per heavy atom. The molecule has 0 aliphatic heterocycles. The van der Waals surface area contributed by atoms with Gasteiger partial charge in [-0.05, 0) is 46.5 Å². The van der Waals surface area contributed by atoms with Gasteiger partial charge in [0.15, 0.2) is 0 Å². The molecule has 0 saturated heterocycles. The standard InChI is InChI=1S/C16H11NO4/c17-14-3-1-2-8-4-9-6-12(15(18)19)13(16(20)21)7-10(9)5-11(8)14/h1-7H,17H2,(H,18,19)(H,20,21). The van der Waals surface area contributed by atoms with E-state index in [1.807, 2.05) is 12.1 Å². The number of fused-ring (bicyclic) bond motifs is 2. The monoisotopic (exact) mass is 281 g/mol. The van der Waals surface area contributed by atoms with E-state index in [-0.39, 0.29) is 11.1 Å². The summed E-state index contributed by atoms with van der Waals surface area (Å²) in [6, 6.07) is 11.8. The molecule has 0 spiro atoms. The zero-order chi connectivity index (χ0) is 15.1. The molecule has 0 fully saturated rings. The topological polar surface area (TPSA) is 101 Å². The van der Waals surface area contributed by atoms with Gasteiger partial charge in [0.25, 0.3) is 0 Å². The average molecular weight is 281 g/mol. The molecule has 5 nitrogen and oxygen atoms in total. The van der Waals surface area contributed by atoms with E-state index in [1.165, 1.54) is 12.1 Å². The zero-order valence-corrected chi connectivity index (χ0v) is 10.8. The average Bonchev–Trinajstić information content (AvgIpc) is 2.44. The molecule has 0 radical (unpaired) electrons. The molecular formula is C16H11NO4. The summed E-state index contributed by atoms with van der Waals surface area (Å²) in [6.45, 7) is 0. The maximum Gasteiger partial charge on any atom is 0.336 e. The first-order valence-corrected chi connectivity index (χ1v) is 6.20. The third-order valence-electron chi connectivity index (χ3n) is 3.47. The SMILES string of the molecule is Nc1cccc2cc3cc(C(=O)O)c(C(=O)O)cc3cc12. The van der Waals surface area contributed by atoms with Crippen molar-refractivity contribution in [3.05, 3.63) is 53.6 Å². The lowest BCUT2D eigenvalue weighted by Gasteiger charge is -2.08. The summed E-state index contributed by atoms with van der Waals surface area (Å²) < 4.78 is 0. The van der Waals surface area contributed by atoms with E-state index in [4.69, 9.17) is 15.9 Å². The van der Waals surface area contributed by atoms with Crippen LogP contribution in [0.1, 0.15) is 20.7 Å². The molecule has 3 aromatic rings. The number of rotatable bonds is 2. The Morgan fingerprint density at radius 3 is 1.95 bits per heavy atom. The normalized spacial score (nSPS) is 10.9. The molecule has 5 heteroatoms. The van der Waals surface area contributed by atoms with Crippen molar-refractivity contribution in [2.75, 3.05) is 5.73 Å². The van der Waals surface area contributed by atoms with Crippen LogP contribution >= 0.6 is 0 Å². The third kappa shape index (κ3) is 2.04. The molecule has 0 heterocycles. The van der Waals surface area contributed by atoms with Crippen molar-refractivity contribution >= 4 is 39.2 Å². The van der Waals surface area contributed by atoms with Gasteiger partial charge in [-0.15, -0.1) is 0 Å². The Kier molecular flexibility index (Phi) is 2.76. The highest BCUT2D eigenvalue weighted by molar-refractivity contribution is 6.09. The van der Waals surface area contributed by atoms with Crippen LogP contribution in [0.5, 0.6) is 0 Å². The number of carboxylic acids is 2. The number of nitrogen functional groups attached to an aromatic ring is 1. The van der Waals surface area contributed by atoms with Gasteiger partial charge in [0.2, 0.25) is 0 Å². The summed E-state index contributed by atoms with van der Waals surface area (Å²) in [5, 5.41) is 21.3. The lowest BCUT2D eigenvalue weighted by molar-refractivity contribution is 0.0652. The van der Waals surface area contributed by atoms with Crippen LogP contribution in [0, 0.1) is 0 Å². The second-order valence-corrected chi connectivity index (χ2v) is 4.78. The Bertz CT molecular complexity index is 915. The summed E-state index contributed by atoms with van der Waals surface area (Å²) in [5.74, 6) is -2.53. The van der Waals surface area contributed by atoms with Crippen molar-refractivity contribution < 1.29 is 19.8 Å². The number of benzene rings is 3. The lowest BCUT2D eigenvalue weighted by atomic mass is 9.97. The van der Waals surface area contributed by atoms with Crippen molar-refractivity contribution in [2.45, 2.75) is 0 Å². The van der Waals surface area contributed by atoms with Crippen molar-refractivity contribution in [1.29, 1.82) is 0 Å². The van der Waals surface area contributed by atoms with Gasteiger partial charge in [-0.2, -0.15) is 0 Å². The van der Waals surface area contributed by atoms with E-state index in [2.05, 4.69) is 0 Å². The molecular weight excluding hydrogens is 270 g/mol. The van der Waals surface area contributed by atoms with Gasteiger partial charge in [-0.3, -0.25) is 0 Å². The van der Waals surface area contributed by atoms with Crippen LogP contribution in [-0.4, -0.2) is 22.2 Å². The van der Waals surface area contributed by atoms with Crippen LogP contribution in [0.3, 0.4) is 0 Å². The highest BCUT2D eigenvalue weighted by Crippen LogP contribution is 2.29. The molecule has 0 unspecified atom stereocenters. The number of anilines is 1. The van der Waals surface area contributed by atoms with Crippen molar-refractivity contribution in [2.24, 2.45) is 0 Å². The Labute approximate surface area is 119 Å². The molecule has 0 saturated carbocycles. The summed E-state index contributed by atoms with van der Waals surface area (Å²) in [7, 11) is 0. The number of aromatic carboxylic acids is 2. The van der Waals surface area contributed by atoms with Gasteiger partial charge in [0.1, 0.15) is 0 Å². The van der Waals surface area contributed by atoms with Crippen molar-refractivity contribution in [3.63, 3.8) is 0 Å². The number of hydrogen-bond acceptors (Lipinski definition) is 3. The van der Waals surface area contributed by atoms with E-state index in [1.54, 1.807) is 18.2 Å². The maximum atomic E-state index is 11.2. The summed E-state index contributed by atoms with van der Waals surface area (Å²) in [5.41, 5.74) is 6.05. The van der Waals surface area contributed by atoms with Crippen LogP contribution in [0.2, 0.25) is 0 Å².